The molecule has 0 aliphatic carbocycles. The molecule has 5 nitrogen and oxygen atoms in total. The zero-order chi connectivity index (χ0) is 13.4. The van der Waals surface area contributed by atoms with Gasteiger partial charge in [-0.25, -0.2) is 4.98 Å². The fraction of sp³-hybridized carbons (Fsp3) is 0.615. The molecule has 102 valence electrons. The van der Waals surface area contributed by atoms with Gasteiger partial charge in [0.15, 0.2) is 11.6 Å². The number of nitrogens with one attached hydrogen (secondary N) is 1. The lowest BCUT2D eigenvalue weighted by Gasteiger charge is -2.15. The summed E-state index contributed by atoms with van der Waals surface area (Å²) in [4.78, 5) is 4.27. The van der Waals surface area contributed by atoms with Crippen molar-refractivity contribution in [2.45, 2.75) is 32.4 Å². The lowest BCUT2D eigenvalue weighted by Crippen LogP contribution is -2.28. The van der Waals surface area contributed by atoms with E-state index in [9.17, 15) is 0 Å². The first-order chi connectivity index (χ1) is 8.63. The lowest BCUT2D eigenvalue weighted by molar-refractivity contribution is 0.178. The number of hydrogen-bond acceptors (Lipinski definition) is 5. The second-order valence-corrected chi connectivity index (χ2v) is 4.45. The molecule has 0 aliphatic rings. The van der Waals surface area contributed by atoms with Crippen LogP contribution in [0.15, 0.2) is 18.3 Å². The van der Waals surface area contributed by atoms with E-state index in [1.807, 2.05) is 26.0 Å². The largest absolute Gasteiger partial charge is 0.487 e. The Hall–Kier alpha value is -1.33. The van der Waals surface area contributed by atoms with Crippen LogP contribution in [0.5, 0.6) is 5.75 Å². The highest BCUT2D eigenvalue weighted by molar-refractivity contribution is 5.49. The third-order valence-corrected chi connectivity index (χ3v) is 2.32. The summed E-state index contributed by atoms with van der Waals surface area (Å²) in [5, 5.41) is 3.24. The van der Waals surface area contributed by atoms with Crippen molar-refractivity contribution < 1.29 is 9.47 Å². The molecular weight excluding hydrogens is 230 g/mol. The maximum atomic E-state index is 5.85. The summed E-state index contributed by atoms with van der Waals surface area (Å²) in [5.41, 5.74) is 5.85. The smallest absolute Gasteiger partial charge is 0.168 e. The molecule has 0 fully saturated rings. The first kappa shape index (κ1) is 14.7. The van der Waals surface area contributed by atoms with Crippen LogP contribution in [0.25, 0.3) is 0 Å². The first-order valence-corrected chi connectivity index (χ1v) is 6.23. The highest BCUT2D eigenvalue weighted by Gasteiger charge is 2.07. The Balaban J connectivity index is 2.46. The summed E-state index contributed by atoms with van der Waals surface area (Å²) in [5.74, 6) is 1.53. The van der Waals surface area contributed by atoms with E-state index < -0.39 is 0 Å². The molecule has 0 saturated carbocycles. The maximum Gasteiger partial charge on any atom is 0.168 e. The average Bonchev–Trinajstić information content (AvgIpc) is 2.31. The zero-order valence-electron chi connectivity index (χ0n) is 11.3. The van der Waals surface area contributed by atoms with E-state index in [-0.39, 0.29) is 12.1 Å². The number of hydrogen-bond donors (Lipinski definition) is 2. The topological polar surface area (TPSA) is 69.4 Å². The van der Waals surface area contributed by atoms with Crippen LogP contribution in [0.4, 0.5) is 5.82 Å². The molecule has 1 aromatic heterocycles. The second-order valence-electron chi connectivity index (χ2n) is 4.45. The Morgan fingerprint density at radius 2 is 2.22 bits per heavy atom. The number of rotatable bonds is 8. The minimum atomic E-state index is 0.0423. The molecular formula is C13H23N3O2. The molecule has 0 aliphatic heterocycles. The molecule has 0 radical (unpaired) electrons. The average molecular weight is 253 g/mol. The summed E-state index contributed by atoms with van der Waals surface area (Å²) < 4.78 is 10.7. The van der Waals surface area contributed by atoms with Crippen molar-refractivity contribution in [2.24, 2.45) is 5.73 Å². The second kappa shape index (κ2) is 7.89. The molecule has 0 aromatic carbocycles. The highest BCUT2D eigenvalue weighted by atomic mass is 16.5. The predicted molar refractivity (Wildman–Crippen MR) is 73.0 cm³/mol. The molecule has 18 heavy (non-hydrogen) atoms. The Kier molecular flexibility index (Phi) is 6.46. The summed E-state index contributed by atoms with van der Waals surface area (Å²) in [6.45, 7) is 5.30. The van der Waals surface area contributed by atoms with Gasteiger partial charge in [0.1, 0.15) is 0 Å². The van der Waals surface area contributed by atoms with E-state index in [0.29, 0.717) is 6.61 Å². The van der Waals surface area contributed by atoms with Crippen molar-refractivity contribution in [3.63, 3.8) is 0 Å². The van der Waals surface area contributed by atoms with Crippen LogP contribution in [-0.4, -0.2) is 37.4 Å². The van der Waals surface area contributed by atoms with Gasteiger partial charge >= 0.3 is 0 Å². The van der Waals surface area contributed by atoms with Crippen LogP contribution in [0.1, 0.15) is 20.3 Å². The standard InChI is InChI=1S/C13H23N3O2/c1-10(2)18-12-5-4-7-15-13(12)16-8-6-11(14)9-17-3/h4-5,7,10-11H,6,8-9,14H2,1-3H3,(H,15,16). The number of ether oxygens (including phenoxy) is 2. The van der Waals surface area contributed by atoms with Crippen LogP contribution in [0.3, 0.4) is 0 Å². The third-order valence-electron chi connectivity index (χ3n) is 2.32. The van der Waals surface area contributed by atoms with Gasteiger partial charge in [-0.05, 0) is 32.4 Å². The van der Waals surface area contributed by atoms with E-state index >= 15 is 0 Å². The monoisotopic (exact) mass is 253 g/mol. The van der Waals surface area contributed by atoms with Crippen LogP contribution < -0.4 is 15.8 Å². The van der Waals surface area contributed by atoms with Crippen LogP contribution in [0.2, 0.25) is 0 Å². The molecule has 1 unspecified atom stereocenters. The van der Waals surface area contributed by atoms with Gasteiger partial charge in [0, 0.05) is 25.9 Å². The van der Waals surface area contributed by atoms with E-state index in [1.54, 1.807) is 13.3 Å². The number of nitrogens with zero attached hydrogens (tertiary/aromatic N) is 1. The Morgan fingerprint density at radius 3 is 2.89 bits per heavy atom. The minimum absolute atomic E-state index is 0.0423. The van der Waals surface area contributed by atoms with Gasteiger partial charge < -0.3 is 20.5 Å². The van der Waals surface area contributed by atoms with Crippen molar-refractivity contribution >= 4 is 5.82 Å². The van der Waals surface area contributed by atoms with E-state index in [1.165, 1.54) is 0 Å². The summed E-state index contributed by atoms with van der Waals surface area (Å²) in [6, 6.07) is 3.81. The summed E-state index contributed by atoms with van der Waals surface area (Å²) in [7, 11) is 1.65. The lowest BCUT2D eigenvalue weighted by atomic mass is 10.2. The van der Waals surface area contributed by atoms with E-state index in [0.717, 1.165) is 24.5 Å². The number of pyridine rings is 1. The quantitative estimate of drug-likeness (QED) is 0.737. The molecule has 1 atom stereocenters. The molecule has 0 amide bonds. The van der Waals surface area contributed by atoms with Gasteiger partial charge in [-0.1, -0.05) is 0 Å². The zero-order valence-corrected chi connectivity index (χ0v) is 11.3. The van der Waals surface area contributed by atoms with E-state index in [4.69, 9.17) is 15.2 Å². The summed E-state index contributed by atoms with van der Waals surface area (Å²) in [6.07, 6.45) is 2.70. The van der Waals surface area contributed by atoms with Crippen molar-refractivity contribution in [1.29, 1.82) is 0 Å². The van der Waals surface area contributed by atoms with Crippen LogP contribution >= 0.6 is 0 Å². The van der Waals surface area contributed by atoms with Gasteiger partial charge in [-0.2, -0.15) is 0 Å². The van der Waals surface area contributed by atoms with Crippen molar-refractivity contribution in [3.8, 4) is 5.75 Å². The van der Waals surface area contributed by atoms with E-state index in [2.05, 4.69) is 10.3 Å². The summed E-state index contributed by atoms with van der Waals surface area (Å²) >= 11 is 0. The van der Waals surface area contributed by atoms with Gasteiger partial charge in [0.05, 0.1) is 12.7 Å². The Bertz CT molecular complexity index is 345. The third kappa shape index (κ3) is 5.33. The molecule has 1 rings (SSSR count). The SMILES string of the molecule is COCC(N)CCNc1ncccc1OC(C)C. The fourth-order valence-electron chi connectivity index (χ4n) is 1.55. The molecule has 5 heteroatoms. The number of methoxy groups -OCH3 is 1. The van der Waals surface area contributed by atoms with Gasteiger partial charge in [0.2, 0.25) is 0 Å². The van der Waals surface area contributed by atoms with Crippen LogP contribution in [-0.2, 0) is 4.74 Å². The molecule has 0 spiro atoms. The fourth-order valence-corrected chi connectivity index (χ4v) is 1.55. The predicted octanol–water partition coefficient (Wildman–Crippen LogP) is 1.64. The molecule has 3 N–H and O–H groups in total. The molecule has 0 bridgehead atoms. The Labute approximate surface area is 109 Å². The highest BCUT2D eigenvalue weighted by Crippen LogP contribution is 2.21. The molecule has 1 heterocycles. The first-order valence-electron chi connectivity index (χ1n) is 6.23. The number of anilines is 1. The maximum absolute atomic E-state index is 5.85. The Morgan fingerprint density at radius 1 is 1.44 bits per heavy atom. The number of nitrogens with two attached hydrogens (primary N) is 1. The minimum Gasteiger partial charge on any atom is -0.487 e. The molecule has 1 aromatic rings. The van der Waals surface area contributed by atoms with Gasteiger partial charge in [-0.3, -0.25) is 0 Å². The van der Waals surface area contributed by atoms with Gasteiger partial charge in [0.25, 0.3) is 0 Å². The van der Waals surface area contributed by atoms with Crippen molar-refractivity contribution in [3.05, 3.63) is 18.3 Å². The molecule has 0 saturated heterocycles. The number of aromatic nitrogens is 1. The van der Waals surface area contributed by atoms with Crippen LogP contribution in [0, 0.1) is 0 Å². The normalized spacial score (nSPS) is 12.5. The van der Waals surface area contributed by atoms with Gasteiger partial charge in [-0.15, -0.1) is 0 Å². The van der Waals surface area contributed by atoms with Crippen molar-refractivity contribution in [2.75, 3.05) is 25.6 Å². The van der Waals surface area contributed by atoms with Crippen molar-refractivity contribution in [1.82, 2.24) is 4.98 Å².